The van der Waals surface area contributed by atoms with Crippen molar-refractivity contribution in [3.63, 3.8) is 0 Å². The van der Waals surface area contributed by atoms with Crippen molar-refractivity contribution in [2.75, 3.05) is 32.5 Å². The molecule has 0 aromatic carbocycles. The largest absolute Gasteiger partial charge is 0.375 e. The van der Waals surface area contributed by atoms with E-state index >= 15 is 0 Å². The number of piperidine rings is 1. The first-order valence-electron chi connectivity index (χ1n) is 7.82. The van der Waals surface area contributed by atoms with Gasteiger partial charge < -0.3 is 20.3 Å². The van der Waals surface area contributed by atoms with E-state index in [0.29, 0.717) is 23.1 Å². The highest BCUT2D eigenvalue weighted by atomic mass is 32.1. The Labute approximate surface area is 139 Å². The average molecular weight is 338 g/mol. The van der Waals surface area contributed by atoms with Crippen molar-refractivity contribution in [2.24, 2.45) is 0 Å². The molecule has 2 amide bonds. The van der Waals surface area contributed by atoms with E-state index in [1.807, 2.05) is 9.80 Å². The summed E-state index contributed by atoms with van der Waals surface area (Å²) in [4.78, 5) is 33.1. The maximum Gasteiger partial charge on any atom is 0.265 e. The molecule has 3 heterocycles. The number of aromatic nitrogens is 1. The Morgan fingerprint density at radius 1 is 1.35 bits per heavy atom. The number of likely N-dealkylation sites (tertiary alicyclic amines) is 2. The van der Waals surface area contributed by atoms with Gasteiger partial charge in [-0.15, -0.1) is 0 Å². The predicted octanol–water partition coefficient (Wildman–Crippen LogP) is 0.967. The van der Waals surface area contributed by atoms with Crippen molar-refractivity contribution < 1.29 is 14.3 Å². The van der Waals surface area contributed by atoms with Crippen LogP contribution in [0.1, 0.15) is 35.9 Å². The number of carbonyl (C=O) groups excluding carboxylic acids is 2. The fourth-order valence-electron chi connectivity index (χ4n) is 3.39. The summed E-state index contributed by atoms with van der Waals surface area (Å²) in [7, 11) is 1.55. The lowest BCUT2D eigenvalue weighted by atomic mass is 9.76. The smallest absolute Gasteiger partial charge is 0.265 e. The van der Waals surface area contributed by atoms with Crippen molar-refractivity contribution in [1.29, 1.82) is 0 Å². The molecule has 1 spiro atoms. The van der Waals surface area contributed by atoms with Gasteiger partial charge >= 0.3 is 0 Å². The maximum atomic E-state index is 12.4. The van der Waals surface area contributed by atoms with Crippen LogP contribution < -0.4 is 5.73 Å². The fraction of sp³-hybridized carbons (Fsp3) is 0.667. The lowest BCUT2D eigenvalue weighted by Crippen LogP contribution is -2.67. The van der Waals surface area contributed by atoms with Gasteiger partial charge in [0.05, 0.1) is 6.20 Å². The number of carbonyl (C=O) groups is 2. The highest BCUT2D eigenvalue weighted by molar-refractivity contribution is 7.17. The summed E-state index contributed by atoms with van der Waals surface area (Å²) < 4.78 is 5.15. The zero-order valence-electron chi connectivity index (χ0n) is 13.4. The van der Waals surface area contributed by atoms with E-state index in [0.717, 1.165) is 25.8 Å². The molecule has 0 bridgehead atoms. The Morgan fingerprint density at radius 2 is 2.00 bits per heavy atom. The van der Waals surface area contributed by atoms with E-state index in [2.05, 4.69) is 4.98 Å². The monoisotopic (exact) mass is 338 g/mol. The van der Waals surface area contributed by atoms with Crippen molar-refractivity contribution in [2.45, 2.75) is 37.8 Å². The minimum Gasteiger partial charge on any atom is -0.375 e. The highest BCUT2D eigenvalue weighted by Crippen LogP contribution is 2.40. The maximum absolute atomic E-state index is 12.4. The number of ether oxygens (including phenoxy) is 1. The first kappa shape index (κ1) is 16.2. The van der Waals surface area contributed by atoms with Crippen LogP contribution in [0.5, 0.6) is 0 Å². The van der Waals surface area contributed by atoms with Crippen molar-refractivity contribution >= 4 is 28.3 Å². The van der Waals surface area contributed by atoms with E-state index in [1.165, 1.54) is 17.5 Å². The summed E-state index contributed by atoms with van der Waals surface area (Å²) in [5.41, 5.74) is 5.50. The topological polar surface area (TPSA) is 88.8 Å². The third kappa shape index (κ3) is 2.81. The Bertz CT molecular complexity index is 610. The Hall–Kier alpha value is -1.67. The molecule has 2 N–H and O–H groups in total. The van der Waals surface area contributed by atoms with Gasteiger partial charge in [-0.05, 0) is 26.2 Å². The quantitative estimate of drug-likeness (QED) is 0.887. The number of hydrogen-bond acceptors (Lipinski definition) is 6. The zero-order chi connectivity index (χ0) is 16.6. The molecule has 1 aromatic heterocycles. The van der Waals surface area contributed by atoms with Gasteiger partial charge in [0.15, 0.2) is 5.13 Å². The summed E-state index contributed by atoms with van der Waals surface area (Å²) in [5, 5.41) is 0.408. The molecule has 2 aliphatic heterocycles. The van der Waals surface area contributed by atoms with Gasteiger partial charge in [-0.1, -0.05) is 11.3 Å². The Kier molecular flexibility index (Phi) is 4.29. The van der Waals surface area contributed by atoms with Crippen LogP contribution in [0.25, 0.3) is 0 Å². The predicted molar refractivity (Wildman–Crippen MR) is 87.2 cm³/mol. The molecule has 0 saturated carbocycles. The van der Waals surface area contributed by atoms with Crippen LogP contribution in [-0.4, -0.2) is 65.0 Å². The molecule has 2 fully saturated rings. The molecule has 7 nitrogen and oxygen atoms in total. The van der Waals surface area contributed by atoms with Crippen LogP contribution in [0, 0.1) is 0 Å². The normalized spacial score (nSPS) is 21.1. The molecule has 3 rings (SSSR count). The molecule has 1 unspecified atom stereocenters. The second-order valence-corrected chi connectivity index (χ2v) is 7.26. The van der Waals surface area contributed by atoms with Gasteiger partial charge in [-0.3, -0.25) is 9.59 Å². The van der Waals surface area contributed by atoms with Crippen molar-refractivity contribution in [3.8, 4) is 0 Å². The molecule has 126 valence electrons. The number of nitrogens with zero attached hydrogens (tertiary/aromatic N) is 3. The standard InChI is InChI=1S/C15H22N4O3S/c1-10(22-2)12(20)19-8-5-15(19)3-6-18(7-4-15)13(21)11-9-17-14(16)23-11/h9-10H,3-8H2,1-2H3,(H2,16,17). The molecule has 1 aromatic rings. The van der Waals surface area contributed by atoms with Crippen LogP contribution in [0.3, 0.4) is 0 Å². The Balaban J connectivity index is 1.62. The van der Waals surface area contributed by atoms with Crippen LogP contribution >= 0.6 is 11.3 Å². The van der Waals surface area contributed by atoms with E-state index in [4.69, 9.17) is 10.5 Å². The van der Waals surface area contributed by atoms with Crippen LogP contribution in [0.15, 0.2) is 6.20 Å². The van der Waals surface area contributed by atoms with Crippen molar-refractivity contribution in [1.82, 2.24) is 14.8 Å². The lowest BCUT2D eigenvalue weighted by Gasteiger charge is -2.56. The van der Waals surface area contributed by atoms with Gasteiger partial charge in [0.1, 0.15) is 11.0 Å². The number of thiazole rings is 1. The molecule has 1 atom stereocenters. The highest BCUT2D eigenvalue weighted by Gasteiger charge is 2.50. The first-order chi connectivity index (χ1) is 11.0. The Morgan fingerprint density at radius 3 is 2.48 bits per heavy atom. The van der Waals surface area contributed by atoms with Gasteiger partial charge in [0, 0.05) is 32.3 Å². The fourth-order valence-corrected chi connectivity index (χ4v) is 4.04. The zero-order valence-corrected chi connectivity index (χ0v) is 14.3. The average Bonchev–Trinajstić information content (AvgIpc) is 2.98. The first-order valence-corrected chi connectivity index (χ1v) is 8.63. The summed E-state index contributed by atoms with van der Waals surface area (Å²) in [6.45, 7) is 3.87. The number of hydrogen-bond donors (Lipinski definition) is 1. The van der Waals surface area contributed by atoms with Crippen molar-refractivity contribution in [3.05, 3.63) is 11.1 Å². The number of rotatable bonds is 3. The van der Waals surface area contributed by atoms with E-state index in [-0.39, 0.29) is 17.4 Å². The van der Waals surface area contributed by atoms with Crippen LogP contribution in [0.2, 0.25) is 0 Å². The third-order valence-electron chi connectivity index (χ3n) is 5.06. The number of nitrogen functional groups attached to an aromatic ring is 1. The second kappa shape index (κ2) is 6.09. The molecular formula is C15H22N4O3S. The molecule has 0 radical (unpaired) electrons. The summed E-state index contributed by atoms with van der Waals surface area (Å²) in [6.07, 6.45) is 3.76. The summed E-state index contributed by atoms with van der Waals surface area (Å²) in [5.74, 6) is 0.0327. The molecule has 23 heavy (non-hydrogen) atoms. The lowest BCUT2D eigenvalue weighted by molar-refractivity contribution is -0.161. The summed E-state index contributed by atoms with van der Waals surface area (Å²) in [6, 6.07) is 0. The molecular weight excluding hydrogens is 316 g/mol. The number of amides is 2. The molecule has 2 saturated heterocycles. The minimum absolute atomic E-state index is 0.0171. The number of methoxy groups -OCH3 is 1. The number of nitrogens with two attached hydrogens (primary N) is 1. The van der Waals surface area contributed by atoms with E-state index in [1.54, 1.807) is 14.0 Å². The molecule has 8 heteroatoms. The summed E-state index contributed by atoms with van der Waals surface area (Å²) >= 11 is 1.22. The number of anilines is 1. The van der Waals surface area contributed by atoms with E-state index < -0.39 is 6.10 Å². The van der Waals surface area contributed by atoms with Gasteiger partial charge in [-0.25, -0.2) is 4.98 Å². The van der Waals surface area contributed by atoms with Crippen LogP contribution in [-0.2, 0) is 9.53 Å². The van der Waals surface area contributed by atoms with E-state index in [9.17, 15) is 9.59 Å². The minimum atomic E-state index is -0.410. The van der Waals surface area contributed by atoms with Gasteiger partial charge in [0.25, 0.3) is 11.8 Å². The third-order valence-corrected chi connectivity index (χ3v) is 5.87. The SMILES string of the molecule is COC(C)C(=O)N1CCC12CCN(C(=O)c1cnc(N)s1)CC2. The van der Waals surface area contributed by atoms with Crippen LogP contribution in [0.4, 0.5) is 5.13 Å². The van der Waals surface area contributed by atoms with Gasteiger partial charge in [0.2, 0.25) is 0 Å². The van der Waals surface area contributed by atoms with Gasteiger partial charge in [-0.2, -0.15) is 0 Å². The molecule has 0 aliphatic carbocycles. The second-order valence-electron chi connectivity index (χ2n) is 6.20. The molecule has 2 aliphatic rings.